The fourth-order valence-electron chi connectivity index (χ4n) is 3.51. The first-order valence-electron chi connectivity index (χ1n) is 10.3. The number of nitrogens with zero attached hydrogens (tertiary/aromatic N) is 2. The highest BCUT2D eigenvalue weighted by molar-refractivity contribution is 8.05. The molecule has 0 spiro atoms. The van der Waals surface area contributed by atoms with Crippen molar-refractivity contribution >= 4 is 29.3 Å². The Hall–Kier alpha value is -3.89. The summed E-state index contributed by atoms with van der Waals surface area (Å²) in [6.45, 7) is 0.251. The Morgan fingerprint density at radius 1 is 0.970 bits per heavy atom. The van der Waals surface area contributed by atoms with E-state index in [9.17, 15) is 19.2 Å². The maximum atomic E-state index is 13.5. The van der Waals surface area contributed by atoms with Crippen LogP contribution >= 0.6 is 11.8 Å². The van der Waals surface area contributed by atoms with Crippen molar-refractivity contribution in [2.24, 2.45) is 0 Å². The van der Waals surface area contributed by atoms with Crippen LogP contribution in [0.15, 0.2) is 95.5 Å². The Kier molecular flexibility index (Phi) is 6.86. The Bertz CT molecular complexity index is 1220. The van der Waals surface area contributed by atoms with Crippen LogP contribution in [-0.2, 0) is 22.6 Å². The lowest BCUT2D eigenvalue weighted by Crippen LogP contribution is -2.32. The molecule has 2 amide bonds. The maximum absolute atomic E-state index is 13.5. The molecule has 5 nitrogen and oxygen atoms in total. The molecule has 1 N–H and O–H groups in total. The van der Waals surface area contributed by atoms with E-state index in [4.69, 9.17) is 0 Å². The van der Waals surface area contributed by atoms with Gasteiger partial charge in [-0.2, -0.15) is 5.26 Å². The van der Waals surface area contributed by atoms with Crippen LogP contribution in [0.25, 0.3) is 0 Å². The Morgan fingerprint density at radius 2 is 1.58 bits per heavy atom. The van der Waals surface area contributed by atoms with Gasteiger partial charge in [0.2, 0.25) is 5.91 Å². The van der Waals surface area contributed by atoms with Gasteiger partial charge in [0.1, 0.15) is 22.5 Å². The van der Waals surface area contributed by atoms with Crippen LogP contribution in [0, 0.1) is 17.1 Å². The molecule has 3 aromatic carbocycles. The van der Waals surface area contributed by atoms with Crippen molar-refractivity contribution in [2.75, 3.05) is 4.90 Å². The SMILES string of the molecule is N#C/C(C(=O)NCc1ccccc1)=C1/S[C@H](Cc2ccccc2)C(=O)N1c1ccc(F)cc1. The lowest BCUT2D eigenvalue weighted by molar-refractivity contribution is -0.117. The molecular weight excluding hydrogens is 437 g/mol. The molecule has 7 heteroatoms. The molecule has 1 aliphatic heterocycles. The number of thioether (sulfide) groups is 1. The topological polar surface area (TPSA) is 73.2 Å². The second kappa shape index (κ2) is 10.2. The van der Waals surface area contributed by atoms with E-state index < -0.39 is 17.0 Å². The van der Waals surface area contributed by atoms with E-state index in [-0.39, 0.29) is 23.1 Å². The number of anilines is 1. The molecule has 1 heterocycles. The number of nitriles is 1. The predicted molar refractivity (Wildman–Crippen MR) is 126 cm³/mol. The van der Waals surface area contributed by atoms with Gasteiger partial charge in [0.25, 0.3) is 5.91 Å². The summed E-state index contributed by atoms with van der Waals surface area (Å²) >= 11 is 1.18. The number of nitrogens with one attached hydrogen (secondary N) is 1. The highest BCUT2D eigenvalue weighted by atomic mass is 32.2. The number of benzene rings is 3. The maximum Gasteiger partial charge on any atom is 0.264 e. The lowest BCUT2D eigenvalue weighted by Gasteiger charge is -2.18. The van der Waals surface area contributed by atoms with Crippen LogP contribution in [-0.4, -0.2) is 17.1 Å². The summed E-state index contributed by atoms with van der Waals surface area (Å²) in [5.74, 6) is -1.26. The van der Waals surface area contributed by atoms with E-state index in [0.717, 1.165) is 11.1 Å². The van der Waals surface area contributed by atoms with Gasteiger partial charge in [0.05, 0.1) is 5.25 Å². The van der Waals surface area contributed by atoms with E-state index in [1.54, 1.807) is 0 Å². The summed E-state index contributed by atoms with van der Waals surface area (Å²) in [4.78, 5) is 27.6. The molecule has 3 aromatic rings. The summed E-state index contributed by atoms with van der Waals surface area (Å²) in [5, 5.41) is 12.3. The number of halogens is 1. The zero-order valence-electron chi connectivity index (χ0n) is 17.6. The van der Waals surface area contributed by atoms with Crippen LogP contribution in [0.5, 0.6) is 0 Å². The van der Waals surface area contributed by atoms with Gasteiger partial charge >= 0.3 is 0 Å². The van der Waals surface area contributed by atoms with Crippen LogP contribution < -0.4 is 10.2 Å². The van der Waals surface area contributed by atoms with E-state index in [1.807, 2.05) is 66.7 Å². The highest BCUT2D eigenvalue weighted by Crippen LogP contribution is 2.41. The molecule has 4 rings (SSSR count). The van der Waals surface area contributed by atoms with Gasteiger partial charge in [-0.3, -0.25) is 14.5 Å². The van der Waals surface area contributed by atoms with Crippen molar-refractivity contribution in [1.29, 1.82) is 5.26 Å². The minimum atomic E-state index is -0.566. The summed E-state index contributed by atoms with van der Waals surface area (Å²) < 4.78 is 13.5. The fourth-order valence-corrected chi connectivity index (χ4v) is 4.82. The van der Waals surface area contributed by atoms with Crippen LogP contribution in [0.4, 0.5) is 10.1 Å². The van der Waals surface area contributed by atoms with Crippen molar-refractivity contribution < 1.29 is 14.0 Å². The summed E-state index contributed by atoms with van der Waals surface area (Å²) in [7, 11) is 0. The highest BCUT2D eigenvalue weighted by Gasteiger charge is 2.40. The normalized spacial score (nSPS) is 16.9. The first-order chi connectivity index (χ1) is 16.1. The number of carbonyl (C=O) groups is 2. The molecule has 1 saturated heterocycles. The first kappa shape index (κ1) is 22.3. The van der Waals surface area contributed by atoms with Crippen molar-refractivity contribution in [1.82, 2.24) is 5.32 Å². The largest absolute Gasteiger partial charge is 0.347 e. The zero-order valence-corrected chi connectivity index (χ0v) is 18.4. The Labute approximate surface area is 195 Å². The molecule has 0 aromatic heterocycles. The molecule has 164 valence electrons. The minimum Gasteiger partial charge on any atom is -0.347 e. The smallest absolute Gasteiger partial charge is 0.264 e. The van der Waals surface area contributed by atoms with E-state index in [0.29, 0.717) is 12.1 Å². The average Bonchev–Trinajstić information content (AvgIpc) is 3.15. The predicted octanol–water partition coefficient (Wildman–Crippen LogP) is 4.57. The lowest BCUT2D eigenvalue weighted by atomic mass is 10.1. The Balaban J connectivity index is 1.67. The molecule has 0 unspecified atom stereocenters. The minimum absolute atomic E-state index is 0.149. The quantitative estimate of drug-likeness (QED) is 0.435. The van der Waals surface area contributed by atoms with Crippen LogP contribution in [0.1, 0.15) is 11.1 Å². The summed E-state index contributed by atoms with van der Waals surface area (Å²) in [6, 6.07) is 26.3. The van der Waals surface area contributed by atoms with Crippen molar-refractivity contribution in [3.05, 3.63) is 112 Å². The standard InChI is InChI=1S/C26H20FN3O2S/c27-20-11-13-21(14-12-20)30-25(32)23(15-18-7-3-1-4-8-18)33-26(30)22(16-28)24(31)29-17-19-9-5-2-6-10-19/h1-14,23H,15,17H2,(H,29,31)/b26-22-/t23-/m1/s1. The fraction of sp³-hybridized carbons (Fsp3) is 0.115. The van der Waals surface area contributed by atoms with E-state index in [1.165, 1.54) is 40.9 Å². The van der Waals surface area contributed by atoms with E-state index >= 15 is 0 Å². The van der Waals surface area contributed by atoms with Gasteiger partial charge in [-0.25, -0.2) is 4.39 Å². The van der Waals surface area contributed by atoms with Gasteiger partial charge in [-0.05, 0) is 41.8 Å². The number of rotatable bonds is 6. The molecule has 0 saturated carbocycles. The number of carbonyl (C=O) groups excluding carboxylic acids is 2. The van der Waals surface area contributed by atoms with Crippen LogP contribution in [0.2, 0.25) is 0 Å². The monoisotopic (exact) mass is 457 g/mol. The molecule has 1 fully saturated rings. The molecule has 33 heavy (non-hydrogen) atoms. The summed E-state index contributed by atoms with van der Waals surface area (Å²) in [5.41, 5.74) is 2.11. The number of hydrogen-bond acceptors (Lipinski definition) is 4. The summed E-state index contributed by atoms with van der Waals surface area (Å²) in [6.07, 6.45) is 0.440. The molecule has 0 aliphatic carbocycles. The van der Waals surface area contributed by atoms with Crippen molar-refractivity contribution in [3.63, 3.8) is 0 Å². The Morgan fingerprint density at radius 3 is 2.18 bits per heavy atom. The first-order valence-corrected chi connectivity index (χ1v) is 11.2. The average molecular weight is 458 g/mol. The van der Waals surface area contributed by atoms with Crippen molar-refractivity contribution in [2.45, 2.75) is 18.2 Å². The number of hydrogen-bond donors (Lipinski definition) is 1. The molecular formula is C26H20FN3O2S. The second-order valence-corrected chi connectivity index (χ2v) is 8.60. The third-order valence-corrected chi connectivity index (χ3v) is 6.41. The molecule has 0 radical (unpaired) electrons. The van der Waals surface area contributed by atoms with E-state index in [2.05, 4.69) is 5.32 Å². The number of amides is 2. The molecule has 0 bridgehead atoms. The van der Waals surface area contributed by atoms with Gasteiger partial charge in [0, 0.05) is 12.2 Å². The van der Waals surface area contributed by atoms with Gasteiger partial charge in [-0.15, -0.1) is 0 Å². The van der Waals surface area contributed by atoms with Crippen LogP contribution in [0.3, 0.4) is 0 Å². The van der Waals surface area contributed by atoms with Gasteiger partial charge in [-0.1, -0.05) is 72.4 Å². The van der Waals surface area contributed by atoms with Gasteiger partial charge in [0.15, 0.2) is 0 Å². The third-order valence-electron chi connectivity index (χ3n) is 5.15. The van der Waals surface area contributed by atoms with Gasteiger partial charge < -0.3 is 5.32 Å². The molecule has 1 atom stereocenters. The zero-order chi connectivity index (χ0) is 23.2. The second-order valence-electron chi connectivity index (χ2n) is 7.41. The third kappa shape index (κ3) is 5.13. The molecule has 1 aliphatic rings. The van der Waals surface area contributed by atoms with Crippen molar-refractivity contribution in [3.8, 4) is 6.07 Å².